The largest absolute Gasteiger partial charge is 0.508 e. The molecule has 7 rings (SSSR count). The van der Waals surface area contributed by atoms with Gasteiger partial charge in [0.25, 0.3) is 0 Å². The number of aromatic hydroxyl groups is 1. The number of carboxylic acid groups (broad SMARTS) is 1. The molecular weight excluding hydrogens is 603 g/mol. The van der Waals surface area contributed by atoms with Crippen LogP contribution in [-0.4, -0.2) is 39.8 Å². The number of aromatic carboxylic acids is 1. The molecule has 2 N–H and O–H groups in total. The molecule has 2 aliphatic heterocycles. The predicted octanol–water partition coefficient (Wildman–Crippen LogP) is 5.32. The highest BCUT2D eigenvalue weighted by molar-refractivity contribution is 6.32. The number of hydrogen-bond acceptors (Lipinski definition) is 6. The quantitative estimate of drug-likeness (QED) is 0.295. The van der Waals surface area contributed by atoms with Gasteiger partial charge >= 0.3 is 5.97 Å². The molecule has 228 valence electrons. The average molecular weight is 629 g/mol. The van der Waals surface area contributed by atoms with Crippen LogP contribution in [0.15, 0.2) is 78.4 Å². The number of phenolic OH excluding ortho intramolecular Hbond substituents is 1. The van der Waals surface area contributed by atoms with Crippen molar-refractivity contribution in [3.05, 3.63) is 100 Å². The number of carboxylic acids is 1. The third-order valence-electron chi connectivity index (χ3n) is 9.99. The minimum atomic E-state index is -1.35. The zero-order chi connectivity index (χ0) is 31.9. The molecule has 2 saturated heterocycles. The lowest BCUT2D eigenvalue weighted by Gasteiger charge is -2.49. The molecule has 0 aromatic heterocycles. The molecule has 0 spiro atoms. The summed E-state index contributed by atoms with van der Waals surface area (Å²) in [5, 5.41) is 19.7. The van der Waals surface area contributed by atoms with Crippen LogP contribution in [0.5, 0.6) is 5.75 Å². The fraction of sp³-hybridized carbons (Fsp3) is 0.265. The smallest absolute Gasteiger partial charge is 0.335 e. The third kappa shape index (κ3) is 4.08. The molecule has 4 aliphatic rings. The topological polar surface area (TPSA) is 132 Å². The van der Waals surface area contributed by atoms with E-state index in [0.29, 0.717) is 5.56 Å². The number of allylic oxidation sites excluding steroid dienone is 2. The van der Waals surface area contributed by atoms with Crippen LogP contribution in [0.25, 0.3) is 0 Å². The number of imide groups is 2. The van der Waals surface area contributed by atoms with Crippen molar-refractivity contribution in [2.24, 2.45) is 29.1 Å². The van der Waals surface area contributed by atoms with E-state index in [1.165, 1.54) is 48.5 Å². The number of nitrogens with zero attached hydrogens (tertiary/aromatic N) is 2. The van der Waals surface area contributed by atoms with Gasteiger partial charge in [0, 0.05) is 5.92 Å². The van der Waals surface area contributed by atoms with Crippen LogP contribution in [0, 0.1) is 34.9 Å². The predicted molar refractivity (Wildman–Crippen MR) is 160 cm³/mol. The van der Waals surface area contributed by atoms with Crippen molar-refractivity contribution in [3.8, 4) is 5.75 Å². The fourth-order valence-corrected chi connectivity index (χ4v) is 8.18. The summed E-state index contributed by atoms with van der Waals surface area (Å²) < 4.78 is 14.0. The number of phenols is 1. The lowest BCUT2D eigenvalue weighted by Crippen LogP contribution is -2.48. The van der Waals surface area contributed by atoms with Crippen molar-refractivity contribution < 1.29 is 38.6 Å². The Morgan fingerprint density at radius 2 is 1.64 bits per heavy atom. The average Bonchev–Trinajstić information content (AvgIpc) is 3.38. The molecule has 3 aromatic carbocycles. The minimum absolute atomic E-state index is 0.0420. The number of carbonyl (C=O) groups excluding carboxylic acids is 4. The molecule has 0 radical (unpaired) electrons. The minimum Gasteiger partial charge on any atom is -0.508 e. The zero-order valence-electron chi connectivity index (χ0n) is 23.8. The molecule has 11 heteroatoms. The molecule has 6 unspecified atom stereocenters. The maximum Gasteiger partial charge on any atom is 0.335 e. The van der Waals surface area contributed by atoms with Gasteiger partial charge in [0.05, 0.1) is 45.1 Å². The number of hydrogen-bond donors (Lipinski definition) is 2. The molecule has 3 fully saturated rings. The van der Waals surface area contributed by atoms with E-state index in [1.807, 2.05) is 6.08 Å². The summed E-state index contributed by atoms with van der Waals surface area (Å²) in [5.41, 5.74) is 0.144. The molecule has 1 saturated carbocycles. The second-order valence-corrected chi connectivity index (χ2v) is 12.6. The number of anilines is 2. The monoisotopic (exact) mass is 628 g/mol. The van der Waals surface area contributed by atoms with Gasteiger partial charge in [0.2, 0.25) is 23.6 Å². The van der Waals surface area contributed by atoms with Crippen LogP contribution in [0.4, 0.5) is 15.8 Å². The van der Waals surface area contributed by atoms with Crippen molar-refractivity contribution in [3.63, 3.8) is 0 Å². The number of amides is 4. The van der Waals surface area contributed by atoms with E-state index in [4.69, 9.17) is 11.6 Å². The first-order chi connectivity index (χ1) is 21.4. The van der Waals surface area contributed by atoms with Crippen LogP contribution < -0.4 is 9.80 Å². The number of benzene rings is 3. The summed E-state index contributed by atoms with van der Waals surface area (Å²) in [6.07, 6.45) is 2.17. The van der Waals surface area contributed by atoms with Gasteiger partial charge in [-0.3, -0.25) is 24.1 Å². The summed E-state index contributed by atoms with van der Waals surface area (Å²) in [5.74, 6) is -7.81. The number of carbonyl (C=O) groups is 5. The normalized spacial score (nSPS) is 29.0. The molecule has 6 atom stereocenters. The lowest BCUT2D eigenvalue weighted by atomic mass is 9.51. The van der Waals surface area contributed by atoms with Gasteiger partial charge in [0.1, 0.15) is 11.6 Å². The first kappa shape index (κ1) is 28.9. The third-order valence-corrected chi connectivity index (χ3v) is 10.3. The number of halogens is 2. The van der Waals surface area contributed by atoms with Gasteiger partial charge in [-0.25, -0.2) is 14.1 Å². The molecule has 2 heterocycles. The van der Waals surface area contributed by atoms with Crippen molar-refractivity contribution in [2.45, 2.75) is 25.7 Å². The van der Waals surface area contributed by atoms with Crippen LogP contribution >= 0.6 is 11.6 Å². The Balaban J connectivity index is 1.35. The Morgan fingerprint density at radius 1 is 0.911 bits per heavy atom. The van der Waals surface area contributed by atoms with Gasteiger partial charge in [-0.05, 0) is 79.8 Å². The van der Waals surface area contributed by atoms with Gasteiger partial charge in [-0.1, -0.05) is 41.4 Å². The Bertz CT molecular complexity index is 1890. The lowest BCUT2D eigenvalue weighted by molar-refractivity contribution is -0.131. The summed E-state index contributed by atoms with van der Waals surface area (Å²) >= 11 is 6.03. The summed E-state index contributed by atoms with van der Waals surface area (Å²) in [6, 6.07) is 15.7. The van der Waals surface area contributed by atoms with E-state index < -0.39 is 70.4 Å². The molecule has 3 aromatic rings. The van der Waals surface area contributed by atoms with E-state index in [9.17, 15) is 38.6 Å². The molecule has 0 bridgehead atoms. The standard InChI is InChI=1S/C34H26ClFN2O7/c1-34-24(30(41)38(33(34)45)19-8-11-26(36)25(35)14-19)15-23-21(28(34)16-4-3-7-20(39)13-16)9-10-22-27(23)31(42)37(29(22)40)18-6-2-5-17(12-18)32(43)44/h2-9,11-14,22-24,27-28,39H,10,15H2,1H3,(H,43,44). The Hall–Kier alpha value is -4.83. The van der Waals surface area contributed by atoms with Crippen molar-refractivity contribution in [1.29, 1.82) is 0 Å². The van der Waals surface area contributed by atoms with Crippen molar-refractivity contribution in [1.82, 2.24) is 0 Å². The van der Waals surface area contributed by atoms with E-state index in [-0.39, 0.29) is 40.6 Å². The SMILES string of the molecule is CC12C(=O)N(c3ccc(F)c(Cl)c3)C(=O)C1CC1C(=CCC3C(=O)N(c4cccc(C(=O)O)c4)C(=O)C31)C2c1cccc(O)c1. The summed E-state index contributed by atoms with van der Waals surface area (Å²) in [7, 11) is 0. The molecule has 2 aliphatic carbocycles. The van der Waals surface area contributed by atoms with Crippen molar-refractivity contribution in [2.75, 3.05) is 9.80 Å². The van der Waals surface area contributed by atoms with E-state index in [1.54, 1.807) is 19.1 Å². The first-order valence-electron chi connectivity index (χ1n) is 14.5. The molecule has 4 amide bonds. The number of rotatable bonds is 4. The molecular formula is C34H26ClFN2O7. The van der Waals surface area contributed by atoms with Gasteiger partial charge in [-0.2, -0.15) is 0 Å². The summed E-state index contributed by atoms with van der Waals surface area (Å²) in [4.78, 5) is 70.1. The maximum absolute atomic E-state index is 14.4. The van der Waals surface area contributed by atoms with Crippen LogP contribution in [0.2, 0.25) is 5.02 Å². The highest BCUT2D eigenvalue weighted by Gasteiger charge is 2.67. The maximum atomic E-state index is 14.4. The molecule has 9 nitrogen and oxygen atoms in total. The highest BCUT2D eigenvalue weighted by Crippen LogP contribution is 2.63. The van der Waals surface area contributed by atoms with Crippen LogP contribution in [0.3, 0.4) is 0 Å². The van der Waals surface area contributed by atoms with Crippen LogP contribution in [0.1, 0.15) is 41.6 Å². The van der Waals surface area contributed by atoms with Gasteiger partial charge < -0.3 is 10.2 Å². The Labute approximate surface area is 261 Å². The van der Waals surface area contributed by atoms with Gasteiger partial charge in [-0.15, -0.1) is 0 Å². The number of fused-ring (bicyclic) bond motifs is 4. The van der Waals surface area contributed by atoms with E-state index in [0.717, 1.165) is 21.4 Å². The second-order valence-electron chi connectivity index (χ2n) is 12.2. The Kier molecular flexibility index (Phi) is 6.49. The molecule has 45 heavy (non-hydrogen) atoms. The summed E-state index contributed by atoms with van der Waals surface area (Å²) in [6.45, 7) is 1.70. The second kappa shape index (κ2) is 10.1. The van der Waals surface area contributed by atoms with E-state index in [2.05, 4.69) is 0 Å². The van der Waals surface area contributed by atoms with Crippen molar-refractivity contribution >= 4 is 52.6 Å². The Morgan fingerprint density at radius 3 is 2.36 bits per heavy atom. The first-order valence-corrected chi connectivity index (χ1v) is 14.8. The highest BCUT2D eigenvalue weighted by atomic mass is 35.5. The van der Waals surface area contributed by atoms with Crippen LogP contribution in [-0.2, 0) is 19.2 Å². The fourth-order valence-electron chi connectivity index (χ4n) is 8.00. The van der Waals surface area contributed by atoms with E-state index >= 15 is 0 Å². The zero-order valence-corrected chi connectivity index (χ0v) is 24.6. The van der Waals surface area contributed by atoms with Gasteiger partial charge in [0.15, 0.2) is 0 Å².